The van der Waals surface area contributed by atoms with Crippen LogP contribution in [0.15, 0.2) is 24.3 Å². The van der Waals surface area contributed by atoms with Gasteiger partial charge < -0.3 is 11.1 Å². The Hall–Kier alpha value is -1.51. The van der Waals surface area contributed by atoms with Gasteiger partial charge in [-0.3, -0.25) is 4.79 Å². The third kappa shape index (κ3) is 2.35. The minimum atomic E-state index is -0.0401. The number of rotatable bonds is 4. The highest BCUT2D eigenvalue weighted by molar-refractivity contribution is 5.99. The molecule has 1 aromatic rings. The van der Waals surface area contributed by atoms with Crippen molar-refractivity contribution in [2.24, 2.45) is 5.92 Å². The summed E-state index contributed by atoms with van der Waals surface area (Å²) in [5.41, 5.74) is 6.89. The molecular weight excluding hydrogens is 200 g/mol. The molecule has 0 spiro atoms. The lowest BCUT2D eigenvalue weighted by molar-refractivity contribution is 0.0949. The van der Waals surface area contributed by atoms with E-state index in [0.717, 1.165) is 6.42 Å². The molecule has 2 rings (SSSR count). The summed E-state index contributed by atoms with van der Waals surface area (Å²) < 4.78 is 0. The van der Waals surface area contributed by atoms with E-state index in [-0.39, 0.29) is 5.91 Å². The Labute approximate surface area is 96.0 Å². The largest absolute Gasteiger partial charge is 0.398 e. The number of para-hydroxylation sites is 1. The zero-order chi connectivity index (χ0) is 11.5. The molecule has 0 heterocycles. The molecule has 1 fully saturated rings. The average Bonchev–Trinajstić information content (AvgIpc) is 2.97. The highest BCUT2D eigenvalue weighted by atomic mass is 16.1. The van der Waals surface area contributed by atoms with E-state index in [0.29, 0.717) is 23.2 Å². The van der Waals surface area contributed by atoms with Gasteiger partial charge in [0.05, 0.1) is 5.56 Å². The second-order valence-corrected chi connectivity index (χ2v) is 4.45. The standard InChI is InChI=1S/C13H18N2O/c1-2-5-9-8-12(9)15-13(16)10-6-3-4-7-11(10)14/h3-4,6-7,9,12H,2,5,8,14H2,1H3,(H,15,16). The highest BCUT2D eigenvalue weighted by Gasteiger charge is 2.37. The summed E-state index contributed by atoms with van der Waals surface area (Å²) in [5.74, 6) is 0.639. The number of carbonyl (C=O) groups excluding carboxylic acids is 1. The van der Waals surface area contributed by atoms with Crippen LogP contribution in [0.5, 0.6) is 0 Å². The monoisotopic (exact) mass is 218 g/mol. The fraction of sp³-hybridized carbons (Fsp3) is 0.462. The number of anilines is 1. The predicted molar refractivity (Wildman–Crippen MR) is 65.1 cm³/mol. The molecule has 0 aliphatic heterocycles. The van der Waals surface area contributed by atoms with Crippen molar-refractivity contribution in [3.8, 4) is 0 Å². The van der Waals surface area contributed by atoms with Gasteiger partial charge in [0.2, 0.25) is 0 Å². The van der Waals surface area contributed by atoms with Gasteiger partial charge in [-0.15, -0.1) is 0 Å². The molecule has 3 N–H and O–H groups in total. The minimum absolute atomic E-state index is 0.0401. The quantitative estimate of drug-likeness (QED) is 0.761. The van der Waals surface area contributed by atoms with Crippen molar-refractivity contribution in [1.82, 2.24) is 5.32 Å². The summed E-state index contributed by atoms with van der Waals surface area (Å²) >= 11 is 0. The maximum Gasteiger partial charge on any atom is 0.253 e. The molecule has 1 amide bonds. The Morgan fingerprint density at radius 3 is 2.94 bits per heavy atom. The van der Waals surface area contributed by atoms with Crippen LogP contribution in [-0.2, 0) is 0 Å². The highest BCUT2D eigenvalue weighted by Crippen LogP contribution is 2.34. The summed E-state index contributed by atoms with van der Waals surface area (Å²) in [7, 11) is 0. The van der Waals surface area contributed by atoms with Crippen molar-refractivity contribution >= 4 is 11.6 Å². The fourth-order valence-corrected chi connectivity index (χ4v) is 2.06. The smallest absolute Gasteiger partial charge is 0.253 e. The second-order valence-electron chi connectivity index (χ2n) is 4.45. The molecule has 0 radical (unpaired) electrons. The molecule has 0 bridgehead atoms. The number of hydrogen-bond donors (Lipinski definition) is 2. The molecule has 3 heteroatoms. The molecule has 16 heavy (non-hydrogen) atoms. The molecule has 1 aliphatic carbocycles. The SMILES string of the molecule is CCCC1CC1NC(=O)c1ccccc1N. The third-order valence-electron chi connectivity index (χ3n) is 3.10. The first-order chi connectivity index (χ1) is 7.72. The van der Waals surface area contributed by atoms with E-state index in [2.05, 4.69) is 12.2 Å². The van der Waals surface area contributed by atoms with Crippen LogP contribution in [0, 0.1) is 5.92 Å². The van der Waals surface area contributed by atoms with Gasteiger partial charge >= 0.3 is 0 Å². The van der Waals surface area contributed by atoms with Crippen molar-refractivity contribution in [3.63, 3.8) is 0 Å². The summed E-state index contributed by atoms with van der Waals surface area (Å²) in [6.45, 7) is 2.17. The first-order valence-electron chi connectivity index (χ1n) is 5.87. The second kappa shape index (κ2) is 4.56. The number of nitrogen functional groups attached to an aromatic ring is 1. The van der Waals surface area contributed by atoms with Gasteiger partial charge in [-0.25, -0.2) is 0 Å². The molecule has 1 saturated carbocycles. The van der Waals surface area contributed by atoms with Crippen molar-refractivity contribution in [2.75, 3.05) is 5.73 Å². The number of benzene rings is 1. The summed E-state index contributed by atoms with van der Waals surface area (Å²) in [6.07, 6.45) is 3.51. The number of amides is 1. The molecule has 0 aromatic heterocycles. The molecule has 86 valence electrons. The zero-order valence-electron chi connectivity index (χ0n) is 9.57. The zero-order valence-corrected chi connectivity index (χ0v) is 9.57. The number of hydrogen-bond acceptors (Lipinski definition) is 2. The lowest BCUT2D eigenvalue weighted by Gasteiger charge is -2.06. The maximum absolute atomic E-state index is 11.9. The Bertz CT molecular complexity index is 389. The summed E-state index contributed by atoms with van der Waals surface area (Å²) in [5, 5.41) is 3.03. The van der Waals surface area contributed by atoms with Crippen LogP contribution < -0.4 is 11.1 Å². The Morgan fingerprint density at radius 1 is 1.50 bits per heavy atom. The molecule has 2 unspecified atom stereocenters. The molecule has 3 nitrogen and oxygen atoms in total. The van der Waals surface area contributed by atoms with Crippen LogP contribution in [0.2, 0.25) is 0 Å². The lowest BCUT2D eigenvalue weighted by atomic mass is 10.1. The van der Waals surface area contributed by atoms with E-state index in [1.165, 1.54) is 12.8 Å². The molecule has 2 atom stereocenters. The van der Waals surface area contributed by atoms with Crippen molar-refractivity contribution in [1.29, 1.82) is 0 Å². The number of nitrogens with one attached hydrogen (secondary N) is 1. The van der Waals surface area contributed by atoms with E-state index in [1.807, 2.05) is 12.1 Å². The first kappa shape index (κ1) is 11.0. The van der Waals surface area contributed by atoms with Crippen molar-refractivity contribution in [2.45, 2.75) is 32.2 Å². The van der Waals surface area contributed by atoms with Gasteiger partial charge in [-0.2, -0.15) is 0 Å². The van der Waals surface area contributed by atoms with Crippen LogP contribution in [0.4, 0.5) is 5.69 Å². The predicted octanol–water partition coefficient (Wildman–Crippen LogP) is 2.19. The van der Waals surface area contributed by atoms with E-state index in [9.17, 15) is 4.79 Å². The van der Waals surface area contributed by atoms with E-state index >= 15 is 0 Å². The Kier molecular flexibility index (Phi) is 3.13. The summed E-state index contributed by atoms with van der Waals surface area (Å²) in [6, 6.07) is 7.56. The van der Waals surface area contributed by atoms with Gasteiger partial charge in [-0.1, -0.05) is 25.5 Å². The van der Waals surface area contributed by atoms with Gasteiger partial charge in [0.25, 0.3) is 5.91 Å². The third-order valence-corrected chi connectivity index (χ3v) is 3.10. The molecule has 1 aliphatic rings. The van der Waals surface area contributed by atoms with Gasteiger partial charge in [0.1, 0.15) is 0 Å². The van der Waals surface area contributed by atoms with Crippen LogP contribution in [0.3, 0.4) is 0 Å². The van der Waals surface area contributed by atoms with E-state index in [4.69, 9.17) is 5.73 Å². The molecule has 0 saturated heterocycles. The minimum Gasteiger partial charge on any atom is -0.398 e. The van der Waals surface area contributed by atoms with Crippen molar-refractivity contribution in [3.05, 3.63) is 29.8 Å². The maximum atomic E-state index is 11.9. The Balaban J connectivity index is 1.92. The number of carbonyl (C=O) groups is 1. The fourth-order valence-electron chi connectivity index (χ4n) is 2.06. The summed E-state index contributed by atoms with van der Waals surface area (Å²) in [4.78, 5) is 11.9. The van der Waals surface area contributed by atoms with Crippen molar-refractivity contribution < 1.29 is 4.79 Å². The van der Waals surface area contributed by atoms with Crippen LogP contribution >= 0.6 is 0 Å². The lowest BCUT2D eigenvalue weighted by Crippen LogP contribution is -2.27. The normalized spacial score (nSPS) is 22.8. The first-order valence-corrected chi connectivity index (χ1v) is 5.87. The number of nitrogens with two attached hydrogens (primary N) is 1. The van der Waals surface area contributed by atoms with E-state index < -0.39 is 0 Å². The van der Waals surface area contributed by atoms with Crippen LogP contribution in [0.25, 0.3) is 0 Å². The average molecular weight is 218 g/mol. The molecule has 1 aromatic carbocycles. The van der Waals surface area contributed by atoms with Crippen LogP contribution in [-0.4, -0.2) is 11.9 Å². The Morgan fingerprint density at radius 2 is 2.25 bits per heavy atom. The van der Waals surface area contributed by atoms with Gasteiger partial charge in [0, 0.05) is 11.7 Å². The van der Waals surface area contributed by atoms with Gasteiger partial charge in [0.15, 0.2) is 0 Å². The molecular formula is C13H18N2O. The van der Waals surface area contributed by atoms with E-state index in [1.54, 1.807) is 12.1 Å². The topological polar surface area (TPSA) is 55.1 Å². The van der Waals surface area contributed by atoms with Crippen LogP contribution in [0.1, 0.15) is 36.5 Å². The van der Waals surface area contributed by atoms with Gasteiger partial charge in [-0.05, 0) is 30.9 Å².